The molecule has 4 fully saturated rings. The Morgan fingerprint density at radius 2 is 1.20 bits per heavy atom. The Morgan fingerprint density at radius 1 is 0.652 bits per heavy atom. The van der Waals surface area contributed by atoms with Crippen LogP contribution in [0.4, 0.5) is 0 Å². The van der Waals surface area contributed by atoms with E-state index in [0.29, 0.717) is 29.5 Å². The minimum Gasteiger partial charge on any atom is -0.393 e. The highest BCUT2D eigenvalue weighted by Gasteiger charge is 2.55. The van der Waals surface area contributed by atoms with E-state index in [1.54, 1.807) is 33.4 Å². The fourth-order valence-corrected chi connectivity index (χ4v) is 12.3. The van der Waals surface area contributed by atoms with E-state index in [4.69, 9.17) is 18.9 Å². The third kappa shape index (κ3) is 4.56. The minimum atomic E-state index is -0.307. The molecular formula is C40H54O6. The highest BCUT2D eigenvalue weighted by atomic mass is 16.7. The molecule has 0 bridgehead atoms. The minimum absolute atomic E-state index is 0.0696. The number of rotatable bonds is 0. The number of aliphatic hydroxyl groups is 1. The maximum absolute atomic E-state index is 12.4. The summed E-state index contributed by atoms with van der Waals surface area (Å²) in [6, 6.07) is 0. The fraction of sp³-hybridized carbons (Fsp3) is 0.775. The molecule has 10 rings (SSSR count). The van der Waals surface area contributed by atoms with E-state index in [9.17, 15) is 9.90 Å². The topological polar surface area (TPSA) is 74.2 Å². The lowest BCUT2D eigenvalue weighted by Crippen LogP contribution is -2.42. The van der Waals surface area contributed by atoms with Crippen molar-refractivity contribution in [3.8, 4) is 0 Å². The van der Waals surface area contributed by atoms with Crippen LogP contribution in [0.25, 0.3) is 0 Å². The van der Waals surface area contributed by atoms with Gasteiger partial charge in [0.25, 0.3) is 0 Å². The predicted octanol–water partition coefficient (Wildman–Crippen LogP) is 7.66. The number of ether oxygens (including phenoxy) is 4. The van der Waals surface area contributed by atoms with Crippen LogP contribution in [-0.4, -0.2) is 55.0 Å². The van der Waals surface area contributed by atoms with Crippen LogP contribution in [-0.2, 0) is 23.7 Å². The molecule has 4 unspecified atom stereocenters. The van der Waals surface area contributed by atoms with E-state index < -0.39 is 0 Å². The highest BCUT2D eigenvalue weighted by Crippen LogP contribution is 2.61. The van der Waals surface area contributed by atoms with E-state index in [1.165, 1.54) is 32.1 Å². The quantitative estimate of drug-likeness (QED) is 0.296. The Labute approximate surface area is 275 Å². The van der Waals surface area contributed by atoms with Crippen molar-refractivity contribution in [1.29, 1.82) is 0 Å². The van der Waals surface area contributed by atoms with E-state index in [-0.39, 0.29) is 28.5 Å². The Balaban J connectivity index is 0.000000127. The van der Waals surface area contributed by atoms with Gasteiger partial charge in [-0.1, -0.05) is 37.1 Å². The molecule has 6 nitrogen and oxygen atoms in total. The lowest BCUT2D eigenvalue weighted by Gasteiger charge is -2.48. The molecule has 0 aromatic rings. The first kappa shape index (κ1) is 30.5. The van der Waals surface area contributed by atoms with Crippen LogP contribution in [0.5, 0.6) is 0 Å². The molecule has 6 heteroatoms. The zero-order valence-electron chi connectivity index (χ0n) is 28.2. The molecule has 2 saturated carbocycles. The summed E-state index contributed by atoms with van der Waals surface area (Å²) in [5.41, 5.74) is 9.70. The molecule has 0 aromatic heterocycles. The standard InChI is InChI=1S/C20H28O3.C20H26O3/c2*1-19-8-6-15-14-7-9-20(22-10-11-23-20)12-13(14)2-3-16(15)17(19)4-5-18(19)21/h6,16-18,21H,2-5,7-12H2,1H3;6,16-17H,2-5,7-12H2,1H3/t16?,17?,18-,19-;16?,17?,19-/m00/s1. The summed E-state index contributed by atoms with van der Waals surface area (Å²) in [5.74, 6) is 2.48. The summed E-state index contributed by atoms with van der Waals surface area (Å²) >= 11 is 0. The second-order valence-electron chi connectivity index (χ2n) is 16.9. The Kier molecular flexibility index (Phi) is 7.27. The van der Waals surface area contributed by atoms with Gasteiger partial charge in [-0.05, 0) is 117 Å². The number of aliphatic hydroxyl groups excluding tert-OH is 1. The van der Waals surface area contributed by atoms with Crippen LogP contribution in [0, 0.1) is 34.5 Å². The number of carbonyl (C=O) groups excluding carboxylic acids is 1. The number of hydrogen-bond acceptors (Lipinski definition) is 6. The van der Waals surface area contributed by atoms with E-state index in [2.05, 4.69) is 26.0 Å². The van der Waals surface area contributed by atoms with Crippen LogP contribution < -0.4 is 0 Å². The summed E-state index contributed by atoms with van der Waals surface area (Å²) in [6.07, 6.45) is 21.9. The lowest BCUT2D eigenvalue weighted by atomic mass is 9.58. The molecule has 8 aliphatic carbocycles. The molecule has 0 amide bonds. The molecule has 10 aliphatic rings. The largest absolute Gasteiger partial charge is 0.393 e. The molecule has 0 aromatic carbocycles. The highest BCUT2D eigenvalue weighted by molar-refractivity contribution is 5.87. The van der Waals surface area contributed by atoms with Crippen molar-refractivity contribution in [3.63, 3.8) is 0 Å². The van der Waals surface area contributed by atoms with Gasteiger partial charge >= 0.3 is 0 Å². The van der Waals surface area contributed by atoms with E-state index >= 15 is 0 Å². The molecule has 0 radical (unpaired) electrons. The third-order valence-corrected chi connectivity index (χ3v) is 14.9. The summed E-state index contributed by atoms with van der Waals surface area (Å²) in [6.45, 7) is 7.55. The number of hydrogen-bond donors (Lipinski definition) is 1. The van der Waals surface area contributed by atoms with E-state index in [0.717, 1.165) is 97.1 Å². The SMILES string of the molecule is C[C@]12CC=C3C4=C(CCC3C1CCC2=O)CC1(CC4)OCCO1.C[C@]12CC=C3C4=C(CCC3C1CC[C@@H]2O)CC1(CC4)OCCO1. The van der Waals surface area contributed by atoms with Crippen molar-refractivity contribution in [2.24, 2.45) is 34.5 Å². The molecule has 46 heavy (non-hydrogen) atoms. The maximum atomic E-state index is 12.4. The molecule has 2 heterocycles. The molecule has 1 N–H and O–H groups in total. The van der Waals surface area contributed by atoms with E-state index in [1.807, 2.05) is 0 Å². The Bertz CT molecular complexity index is 1420. The normalized spacial score (nSPS) is 43.2. The van der Waals surface area contributed by atoms with Gasteiger partial charge in [-0.15, -0.1) is 0 Å². The number of ketones is 1. The molecule has 2 aliphatic heterocycles. The zero-order valence-corrected chi connectivity index (χ0v) is 28.2. The summed E-state index contributed by atoms with van der Waals surface area (Å²) in [7, 11) is 0. The van der Waals surface area contributed by atoms with Crippen molar-refractivity contribution >= 4 is 5.78 Å². The average molecular weight is 631 g/mol. The average Bonchev–Trinajstić information content (AvgIpc) is 3.85. The van der Waals surface area contributed by atoms with Gasteiger partial charge in [-0.3, -0.25) is 4.79 Å². The zero-order chi connectivity index (χ0) is 31.3. The number of fused-ring (bicyclic) bond motifs is 8. The van der Waals surface area contributed by atoms with Gasteiger partial charge < -0.3 is 24.1 Å². The van der Waals surface area contributed by atoms with Crippen molar-refractivity contribution in [1.82, 2.24) is 0 Å². The Morgan fingerprint density at radius 3 is 1.78 bits per heavy atom. The van der Waals surface area contributed by atoms with Crippen LogP contribution in [0.15, 0.2) is 45.6 Å². The summed E-state index contributed by atoms with van der Waals surface area (Å²) < 4.78 is 23.8. The first-order valence-electron chi connectivity index (χ1n) is 18.8. The molecule has 7 atom stereocenters. The van der Waals surface area contributed by atoms with Crippen molar-refractivity contribution in [2.45, 2.75) is 134 Å². The maximum Gasteiger partial charge on any atom is 0.172 e. The second-order valence-corrected chi connectivity index (χ2v) is 16.9. The van der Waals surface area contributed by atoms with Crippen molar-refractivity contribution in [3.05, 3.63) is 45.6 Å². The van der Waals surface area contributed by atoms with Crippen molar-refractivity contribution in [2.75, 3.05) is 26.4 Å². The number of carbonyl (C=O) groups is 1. The number of allylic oxidation sites excluding steroid dienone is 6. The lowest BCUT2D eigenvalue weighted by molar-refractivity contribution is -0.164. The molecule has 2 saturated heterocycles. The van der Waals surface area contributed by atoms with Gasteiger partial charge in [-0.25, -0.2) is 0 Å². The van der Waals surface area contributed by atoms with Crippen LogP contribution in [0.1, 0.15) is 117 Å². The van der Waals surface area contributed by atoms with Gasteiger partial charge in [0.1, 0.15) is 5.78 Å². The van der Waals surface area contributed by atoms with Gasteiger partial charge in [0.15, 0.2) is 11.6 Å². The summed E-state index contributed by atoms with van der Waals surface area (Å²) in [4.78, 5) is 12.4. The molecular weight excluding hydrogens is 576 g/mol. The Hall–Kier alpha value is -1.57. The first-order chi connectivity index (χ1) is 22.2. The van der Waals surface area contributed by atoms with Crippen LogP contribution in [0.2, 0.25) is 0 Å². The molecule has 250 valence electrons. The molecule has 2 spiro atoms. The smallest absolute Gasteiger partial charge is 0.172 e. The monoisotopic (exact) mass is 630 g/mol. The van der Waals surface area contributed by atoms with Gasteiger partial charge in [-0.2, -0.15) is 0 Å². The van der Waals surface area contributed by atoms with Gasteiger partial charge in [0.2, 0.25) is 0 Å². The van der Waals surface area contributed by atoms with Crippen LogP contribution in [0.3, 0.4) is 0 Å². The predicted molar refractivity (Wildman–Crippen MR) is 175 cm³/mol. The van der Waals surface area contributed by atoms with Crippen molar-refractivity contribution < 1.29 is 28.8 Å². The fourth-order valence-electron chi connectivity index (χ4n) is 12.3. The van der Waals surface area contributed by atoms with Gasteiger partial charge in [0, 0.05) is 42.9 Å². The van der Waals surface area contributed by atoms with Gasteiger partial charge in [0.05, 0.1) is 32.5 Å². The first-order valence-corrected chi connectivity index (χ1v) is 18.8. The second kappa shape index (κ2) is 11.0. The third-order valence-electron chi connectivity index (χ3n) is 14.9. The summed E-state index contributed by atoms with van der Waals surface area (Å²) in [5, 5.41) is 10.5. The number of Topliss-reactive ketones (excluding diaryl/α,β-unsaturated/α-hetero) is 1. The van der Waals surface area contributed by atoms with Crippen LogP contribution >= 0.6 is 0 Å².